The zero-order valence-electron chi connectivity index (χ0n) is 12.5. The molecule has 0 atom stereocenters. The SMILES string of the molecule is CC1=[C-]CC=C1.CC1=[C-]CC=C1C.Cl.Cl.[CH3][GeH][CH3].[Zr+2]. The van der Waals surface area contributed by atoms with E-state index in [0.29, 0.717) is 15.4 Å². The molecule has 0 spiro atoms. The predicted octanol–water partition coefficient (Wildman–Crippen LogP) is 5.14. The van der Waals surface area contributed by atoms with E-state index in [1.807, 2.05) is 0 Å². The minimum Gasteiger partial charge on any atom is 2.00 e. The summed E-state index contributed by atoms with van der Waals surface area (Å²) in [5.74, 6) is 4.56. The molecule has 1 radical (unpaired) electrons. The molecule has 0 heterocycles. The van der Waals surface area contributed by atoms with Crippen molar-refractivity contribution in [2.45, 2.75) is 45.1 Å². The smallest absolute Gasteiger partial charge is 2.00 e. The van der Waals surface area contributed by atoms with Crippen LogP contribution in [0.25, 0.3) is 0 Å². The molecule has 0 aliphatic heterocycles. The van der Waals surface area contributed by atoms with Crippen molar-refractivity contribution >= 4 is 40.2 Å². The standard InChI is InChI=1S/C7H9.C6H7.C2H7Ge.2ClH.Zr/c1-6-4-3-5-7(6)2;1-6-4-2-3-5-6;1-3-2;;;/h4H,3H2,1-2H3;2,4H,3H2,1H3;3H,1-2H3;2*1H;/q2*-1;;;;+2. The van der Waals surface area contributed by atoms with Crippen molar-refractivity contribution in [2.75, 3.05) is 0 Å². The van der Waals surface area contributed by atoms with Crippen molar-refractivity contribution in [1.29, 1.82) is 0 Å². The summed E-state index contributed by atoms with van der Waals surface area (Å²) in [6.45, 7) is 6.28. The van der Waals surface area contributed by atoms with Crippen LogP contribution in [-0.4, -0.2) is 15.4 Å². The van der Waals surface area contributed by atoms with Crippen molar-refractivity contribution in [3.05, 3.63) is 47.1 Å². The van der Waals surface area contributed by atoms with Gasteiger partial charge < -0.3 is 0 Å². The number of hydrogen-bond acceptors (Lipinski definition) is 0. The van der Waals surface area contributed by atoms with Crippen molar-refractivity contribution in [3.8, 4) is 0 Å². The van der Waals surface area contributed by atoms with Gasteiger partial charge in [0.1, 0.15) is 0 Å². The minimum absolute atomic E-state index is 0. The molecule has 0 unspecified atom stereocenters. The van der Waals surface area contributed by atoms with Crippen molar-refractivity contribution < 1.29 is 26.2 Å². The number of rotatable bonds is 0. The normalized spacial score (nSPS) is 13.8. The molecule has 107 valence electrons. The van der Waals surface area contributed by atoms with E-state index in [-0.39, 0.29) is 51.0 Å². The largest absolute Gasteiger partial charge is 2.00 e. The maximum Gasteiger partial charge on any atom is 2.00 e. The quantitative estimate of drug-likeness (QED) is 0.362. The van der Waals surface area contributed by atoms with Crippen molar-refractivity contribution in [2.24, 2.45) is 0 Å². The van der Waals surface area contributed by atoms with Gasteiger partial charge in [0.05, 0.1) is 0 Å². The maximum absolute atomic E-state index is 3.19. The number of hydrogen-bond donors (Lipinski definition) is 0. The fraction of sp³-hybridized carbons (Fsp3) is 0.467. The molecule has 0 saturated heterocycles. The van der Waals surface area contributed by atoms with Gasteiger partial charge in [0.25, 0.3) is 0 Å². The molecule has 0 nitrogen and oxygen atoms in total. The summed E-state index contributed by atoms with van der Waals surface area (Å²) in [5.41, 5.74) is 3.98. The molecule has 2 aliphatic rings. The molecular weight excluding hydrogens is 415 g/mol. The third-order valence-corrected chi connectivity index (χ3v) is 2.23. The second-order valence-corrected chi connectivity index (χ2v) is 6.36. The van der Waals surface area contributed by atoms with Crippen LogP contribution >= 0.6 is 24.8 Å². The van der Waals surface area contributed by atoms with Crippen molar-refractivity contribution in [3.63, 3.8) is 0 Å². The van der Waals surface area contributed by atoms with Gasteiger partial charge in [-0.2, -0.15) is 12.2 Å². The summed E-state index contributed by atoms with van der Waals surface area (Å²) >= 11 is 0.312. The van der Waals surface area contributed by atoms with Crippen LogP contribution < -0.4 is 0 Å². The second-order valence-electron chi connectivity index (χ2n) is 3.94. The van der Waals surface area contributed by atoms with Gasteiger partial charge in [-0.05, 0) is 0 Å². The predicted molar refractivity (Wildman–Crippen MR) is 90.4 cm³/mol. The van der Waals surface area contributed by atoms with Crippen LogP contribution in [0.3, 0.4) is 0 Å². The van der Waals surface area contributed by atoms with Gasteiger partial charge >= 0.3 is 53.1 Å². The van der Waals surface area contributed by atoms with Gasteiger partial charge in [-0.3, -0.25) is 12.2 Å². The van der Waals surface area contributed by atoms with E-state index in [2.05, 4.69) is 62.7 Å². The Morgan fingerprint density at radius 2 is 1.53 bits per heavy atom. The molecule has 2 rings (SSSR count). The number of allylic oxidation sites excluding steroid dienone is 8. The van der Waals surface area contributed by atoms with E-state index in [9.17, 15) is 0 Å². The summed E-state index contributed by atoms with van der Waals surface area (Å²) < 4.78 is 0. The van der Waals surface area contributed by atoms with Crippen LogP contribution in [0.15, 0.2) is 34.9 Å². The van der Waals surface area contributed by atoms with Crippen LogP contribution in [0.4, 0.5) is 0 Å². The molecule has 0 saturated carbocycles. The Labute approximate surface area is 157 Å². The first kappa shape index (κ1) is 28.2. The van der Waals surface area contributed by atoms with Gasteiger partial charge in [-0.15, -0.1) is 44.6 Å². The molecule has 0 aromatic heterocycles. The first-order valence-electron chi connectivity index (χ1n) is 5.84. The molecule has 0 N–H and O–H groups in total. The third-order valence-electron chi connectivity index (χ3n) is 2.23. The Hall–Kier alpha value is 0.966. The zero-order valence-corrected chi connectivity index (χ0v) is 19.1. The summed E-state index contributed by atoms with van der Waals surface area (Å²) in [4.78, 5) is 0. The first-order valence-corrected chi connectivity index (χ1v) is 10.7. The third kappa shape index (κ3) is 16.9. The van der Waals surface area contributed by atoms with E-state index >= 15 is 0 Å². The van der Waals surface area contributed by atoms with Crippen LogP contribution in [-0.2, 0) is 26.2 Å². The van der Waals surface area contributed by atoms with Gasteiger partial charge in [0.15, 0.2) is 0 Å². The Bertz CT molecular complexity index is 299. The average molecular weight is 440 g/mol. The first-order chi connectivity index (χ1) is 7.61. The number of halogens is 2. The Morgan fingerprint density at radius 1 is 1.00 bits per heavy atom. The van der Waals surface area contributed by atoms with Crippen LogP contribution in [0.1, 0.15) is 33.6 Å². The fourth-order valence-corrected chi connectivity index (χ4v) is 1.16. The Balaban J connectivity index is -0.0000000877. The molecule has 0 aromatic carbocycles. The van der Waals surface area contributed by atoms with E-state index in [1.54, 1.807) is 0 Å². The van der Waals surface area contributed by atoms with Crippen LogP contribution in [0.2, 0.25) is 11.5 Å². The Kier molecular flexibility index (Phi) is 28.1. The zero-order chi connectivity index (χ0) is 12.4. The fourth-order valence-electron chi connectivity index (χ4n) is 1.16. The summed E-state index contributed by atoms with van der Waals surface area (Å²) in [5, 5.41) is 0. The molecule has 4 heteroatoms. The van der Waals surface area contributed by atoms with E-state index in [4.69, 9.17) is 0 Å². The van der Waals surface area contributed by atoms with Crippen molar-refractivity contribution in [1.82, 2.24) is 0 Å². The topological polar surface area (TPSA) is 0 Å². The Morgan fingerprint density at radius 3 is 1.63 bits per heavy atom. The molecule has 0 amide bonds. The average Bonchev–Trinajstić information content (AvgIpc) is 2.83. The molecule has 0 aromatic rings. The molecule has 0 bridgehead atoms. The minimum atomic E-state index is 0. The van der Waals surface area contributed by atoms with Gasteiger partial charge in [0.2, 0.25) is 0 Å². The second kappa shape index (κ2) is 19.0. The summed E-state index contributed by atoms with van der Waals surface area (Å²) in [6.07, 6.45) is 14.7. The van der Waals surface area contributed by atoms with Crippen LogP contribution in [0.5, 0.6) is 0 Å². The van der Waals surface area contributed by atoms with E-state index in [1.165, 1.54) is 16.7 Å². The van der Waals surface area contributed by atoms with Crippen LogP contribution in [0, 0.1) is 12.2 Å². The summed E-state index contributed by atoms with van der Waals surface area (Å²) in [6, 6.07) is 0. The summed E-state index contributed by atoms with van der Waals surface area (Å²) in [7, 11) is 0. The van der Waals surface area contributed by atoms with Gasteiger partial charge in [0, 0.05) is 0 Å². The van der Waals surface area contributed by atoms with E-state index in [0.717, 1.165) is 12.8 Å². The van der Waals surface area contributed by atoms with Gasteiger partial charge in [-0.25, -0.2) is 22.8 Å². The van der Waals surface area contributed by atoms with Gasteiger partial charge in [-0.1, -0.05) is 13.8 Å². The maximum atomic E-state index is 3.19. The molecular formula is C15H25Cl2GeZr. The molecule has 19 heavy (non-hydrogen) atoms. The monoisotopic (exact) mass is 439 g/mol. The molecule has 2 aliphatic carbocycles. The van der Waals surface area contributed by atoms with E-state index < -0.39 is 0 Å². The molecule has 0 fully saturated rings.